The lowest BCUT2D eigenvalue weighted by atomic mass is 9.85. The Morgan fingerprint density at radius 1 is 1.15 bits per heavy atom. The summed E-state index contributed by atoms with van der Waals surface area (Å²) in [4.78, 5) is 56.8. The molecule has 5 rings (SSSR count). The Labute approximate surface area is 231 Å². The molecule has 1 amide bonds. The van der Waals surface area contributed by atoms with Gasteiger partial charge in [-0.25, -0.2) is 14.6 Å². The molecule has 210 valence electrons. The zero-order chi connectivity index (χ0) is 29.0. The van der Waals surface area contributed by atoms with Crippen molar-refractivity contribution in [2.45, 2.75) is 78.7 Å². The fraction of sp³-hybridized carbons (Fsp3) is 0.433. The van der Waals surface area contributed by atoms with E-state index in [1.165, 1.54) is 0 Å². The summed E-state index contributed by atoms with van der Waals surface area (Å²) in [7, 11) is 0. The summed E-state index contributed by atoms with van der Waals surface area (Å²) in [6.45, 7) is 10.5. The molecule has 2 aromatic heterocycles. The molecule has 10 heteroatoms. The number of aryl methyl sites for hydroxylation is 2. The molecular weight excluding hydrogens is 514 g/mol. The number of nitrogens with zero attached hydrogens (tertiary/aromatic N) is 2. The maximum Gasteiger partial charge on any atom is 0.408 e. The number of ether oxygens (including phenoxy) is 3. The van der Waals surface area contributed by atoms with Crippen molar-refractivity contribution in [3.63, 3.8) is 0 Å². The number of carbonyl (C=O) groups is 3. The number of hydrogen-bond donors (Lipinski definition) is 1. The predicted molar refractivity (Wildman–Crippen MR) is 147 cm³/mol. The number of fused-ring (bicyclic) bond motifs is 5. The second-order valence-electron chi connectivity index (χ2n) is 11.2. The molecule has 0 fully saturated rings. The number of pyridine rings is 2. The number of benzene rings is 1. The summed E-state index contributed by atoms with van der Waals surface area (Å²) < 4.78 is 17.9. The van der Waals surface area contributed by atoms with Gasteiger partial charge in [-0.2, -0.15) is 0 Å². The standard InChI is InChI=1S/C30H33N3O7/c1-7-17-18-11-16(3)9-10-22(18)32-25-19(17)14-33-23(25)12-21-20(26(33)35)15-38-27(36)30(21,8-2)39-24(34)13-31-28(37)40-29(4,5)6/h9-12H,7-8,13-15H2,1-6H3,(H,31,37)/t30-/m0/s1. The van der Waals surface area contributed by atoms with Crippen LogP contribution in [0.5, 0.6) is 0 Å². The highest BCUT2D eigenvalue weighted by Crippen LogP contribution is 2.42. The SMILES string of the molecule is CCc1c2c(nc3ccc(C)cc13)-c1cc3c(c(=O)n1C2)COC(=O)[C@@]3(CC)OC(=O)CNC(=O)OC(C)(C)C. The van der Waals surface area contributed by atoms with Crippen molar-refractivity contribution in [1.82, 2.24) is 14.9 Å². The monoisotopic (exact) mass is 547 g/mol. The summed E-state index contributed by atoms with van der Waals surface area (Å²) in [5, 5.41) is 3.40. The lowest BCUT2D eigenvalue weighted by molar-refractivity contribution is -0.188. The molecule has 2 aliphatic heterocycles. The summed E-state index contributed by atoms with van der Waals surface area (Å²) in [6, 6.07) is 7.81. The van der Waals surface area contributed by atoms with Gasteiger partial charge in [0.05, 0.1) is 29.0 Å². The molecule has 0 saturated heterocycles. The topological polar surface area (TPSA) is 126 Å². The molecule has 0 unspecified atom stereocenters. The minimum atomic E-state index is -1.85. The lowest BCUT2D eigenvalue weighted by Crippen LogP contribution is -2.49. The Hall–Kier alpha value is -4.21. The number of aromatic nitrogens is 2. The number of esters is 2. The third-order valence-corrected chi connectivity index (χ3v) is 7.35. The van der Waals surface area contributed by atoms with Gasteiger partial charge in [0.1, 0.15) is 18.8 Å². The number of rotatable bonds is 5. The molecule has 2 aliphatic rings. The third-order valence-electron chi connectivity index (χ3n) is 7.35. The summed E-state index contributed by atoms with van der Waals surface area (Å²) in [5.41, 5.74) is 2.89. The maximum atomic E-state index is 13.8. The van der Waals surface area contributed by atoms with E-state index in [0.717, 1.165) is 34.0 Å². The van der Waals surface area contributed by atoms with Crippen LogP contribution in [0, 0.1) is 6.92 Å². The first-order valence-electron chi connectivity index (χ1n) is 13.4. The van der Waals surface area contributed by atoms with Gasteiger partial charge in [-0.15, -0.1) is 0 Å². The van der Waals surface area contributed by atoms with E-state index in [0.29, 0.717) is 17.9 Å². The minimum Gasteiger partial charge on any atom is -0.457 e. The normalized spacial score (nSPS) is 17.5. The van der Waals surface area contributed by atoms with Crippen molar-refractivity contribution >= 4 is 28.9 Å². The molecule has 40 heavy (non-hydrogen) atoms. The Kier molecular flexibility index (Phi) is 6.68. The second kappa shape index (κ2) is 9.76. The number of alkyl carbamates (subject to hydrolysis) is 1. The number of amides is 1. The Morgan fingerprint density at radius 3 is 2.58 bits per heavy atom. The average molecular weight is 548 g/mol. The predicted octanol–water partition coefficient (Wildman–Crippen LogP) is 4.03. The lowest BCUT2D eigenvalue weighted by Gasteiger charge is -2.35. The van der Waals surface area contributed by atoms with E-state index in [4.69, 9.17) is 19.2 Å². The van der Waals surface area contributed by atoms with E-state index in [2.05, 4.69) is 18.3 Å². The number of cyclic esters (lactones) is 1. The van der Waals surface area contributed by atoms with Gasteiger partial charge in [0.15, 0.2) is 0 Å². The van der Waals surface area contributed by atoms with Gasteiger partial charge in [-0.3, -0.25) is 9.59 Å². The minimum absolute atomic E-state index is 0.0252. The van der Waals surface area contributed by atoms with Crippen LogP contribution in [-0.2, 0) is 49.0 Å². The maximum absolute atomic E-state index is 13.8. The highest BCUT2D eigenvalue weighted by atomic mass is 16.6. The zero-order valence-corrected chi connectivity index (χ0v) is 23.6. The molecule has 3 aromatic rings. The molecule has 0 saturated carbocycles. The van der Waals surface area contributed by atoms with Crippen LogP contribution in [0.1, 0.15) is 68.9 Å². The molecule has 0 spiro atoms. The van der Waals surface area contributed by atoms with E-state index in [1.807, 2.05) is 19.1 Å². The van der Waals surface area contributed by atoms with Gasteiger partial charge in [-0.1, -0.05) is 25.5 Å². The summed E-state index contributed by atoms with van der Waals surface area (Å²) in [5.74, 6) is -1.64. The van der Waals surface area contributed by atoms with Gasteiger partial charge in [0, 0.05) is 16.5 Å². The summed E-state index contributed by atoms with van der Waals surface area (Å²) in [6.07, 6.45) is -0.0116. The largest absolute Gasteiger partial charge is 0.457 e. The molecule has 1 atom stereocenters. The molecule has 1 N–H and O–H groups in total. The number of nitrogens with one attached hydrogen (secondary N) is 1. The van der Waals surface area contributed by atoms with E-state index in [9.17, 15) is 19.2 Å². The van der Waals surface area contributed by atoms with Crippen LogP contribution in [0.4, 0.5) is 4.79 Å². The van der Waals surface area contributed by atoms with Crippen LogP contribution in [-0.4, -0.2) is 39.7 Å². The van der Waals surface area contributed by atoms with Crippen LogP contribution < -0.4 is 10.9 Å². The molecule has 1 aromatic carbocycles. The smallest absolute Gasteiger partial charge is 0.408 e. The van der Waals surface area contributed by atoms with Gasteiger partial charge >= 0.3 is 18.0 Å². The fourth-order valence-electron chi connectivity index (χ4n) is 5.53. The van der Waals surface area contributed by atoms with Crippen molar-refractivity contribution in [2.24, 2.45) is 0 Å². The first-order valence-corrected chi connectivity index (χ1v) is 13.4. The number of hydrogen-bond acceptors (Lipinski definition) is 8. The van der Waals surface area contributed by atoms with Crippen molar-refractivity contribution < 1.29 is 28.6 Å². The van der Waals surface area contributed by atoms with Crippen molar-refractivity contribution in [3.05, 3.63) is 62.4 Å². The van der Waals surface area contributed by atoms with E-state index < -0.39 is 35.8 Å². The Morgan fingerprint density at radius 2 is 1.90 bits per heavy atom. The molecule has 0 bridgehead atoms. The molecule has 0 radical (unpaired) electrons. The van der Waals surface area contributed by atoms with Gasteiger partial charge in [0.25, 0.3) is 5.56 Å². The average Bonchev–Trinajstić information content (AvgIpc) is 3.25. The highest BCUT2D eigenvalue weighted by Gasteiger charge is 2.50. The quantitative estimate of drug-likeness (QED) is 0.293. The first-order chi connectivity index (χ1) is 18.9. The van der Waals surface area contributed by atoms with Crippen LogP contribution in [0.15, 0.2) is 29.1 Å². The van der Waals surface area contributed by atoms with Crippen LogP contribution in [0.25, 0.3) is 22.3 Å². The van der Waals surface area contributed by atoms with Gasteiger partial charge < -0.3 is 24.1 Å². The second-order valence-corrected chi connectivity index (χ2v) is 11.2. The van der Waals surface area contributed by atoms with Crippen molar-refractivity contribution in [2.75, 3.05) is 6.54 Å². The Bertz CT molecular complexity index is 1630. The van der Waals surface area contributed by atoms with Gasteiger partial charge in [-0.05, 0) is 64.3 Å². The van der Waals surface area contributed by atoms with Gasteiger partial charge in [0.2, 0.25) is 5.60 Å². The first kappa shape index (κ1) is 27.4. The van der Waals surface area contributed by atoms with E-state index >= 15 is 0 Å². The zero-order valence-electron chi connectivity index (χ0n) is 23.6. The fourth-order valence-corrected chi connectivity index (χ4v) is 5.53. The van der Waals surface area contributed by atoms with Crippen LogP contribution >= 0.6 is 0 Å². The summed E-state index contributed by atoms with van der Waals surface area (Å²) >= 11 is 0. The molecule has 10 nitrogen and oxygen atoms in total. The van der Waals surface area contributed by atoms with Crippen molar-refractivity contribution in [3.8, 4) is 11.4 Å². The highest BCUT2D eigenvalue weighted by molar-refractivity contribution is 5.90. The molecule has 4 heterocycles. The van der Waals surface area contributed by atoms with Crippen molar-refractivity contribution in [1.29, 1.82) is 0 Å². The van der Waals surface area contributed by atoms with Crippen LogP contribution in [0.2, 0.25) is 0 Å². The van der Waals surface area contributed by atoms with Crippen LogP contribution in [0.3, 0.4) is 0 Å². The third kappa shape index (κ3) is 4.51. The molecular formula is C30H33N3O7. The molecule has 0 aliphatic carbocycles. The Balaban J connectivity index is 1.57. The number of carbonyl (C=O) groups excluding carboxylic acids is 3. The van der Waals surface area contributed by atoms with E-state index in [1.54, 1.807) is 38.3 Å². The van der Waals surface area contributed by atoms with E-state index in [-0.39, 0.29) is 29.7 Å².